The number of carbonyl (C=O) groups is 4. The van der Waals surface area contributed by atoms with E-state index in [4.69, 9.17) is 14.2 Å². The largest absolute Gasteiger partial charge is 0.497 e. The number of esters is 1. The highest BCUT2D eigenvalue weighted by molar-refractivity contribution is 6.09. The summed E-state index contributed by atoms with van der Waals surface area (Å²) in [7, 11) is 2.91. The smallest absolute Gasteiger partial charge is 0.326 e. The third kappa shape index (κ3) is 4.71. The van der Waals surface area contributed by atoms with Crippen molar-refractivity contribution in [1.29, 1.82) is 0 Å². The Balaban J connectivity index is 1.62. The van der Waals surface area contributed by atoms with Crippen LogP contribution in [0, 0.1) is 11.3 Å². The van der Waals surface area contributed by atoms with Crippen LogP contribution in [0.15, 0.2) is 18.2 Å². The Bertz CT molecular complexity index is 942. The monoisotopic (exact) mass is 446 g/mol. The molecule has 1 aromatic carbocycles. The molecule has 9 nitrogen and oxygen atoms in total. The Kier molecular flexibility index (Phi) is 6.48. The van der Waals surface area contributed by atoms with Gasteiger partial charge in [-0.05, 0) is 42.7 Å². The molecule has 1 aliphatic carbocycles. The minimum atomic E-state index is -0.995. The molecule has 1 spiro atoms. The Labute approximate surface area is 187 Å². The lowest BCUT2D eigenvalue weighted by atomic mass is 9.64. The summed E-state index contributed by atoms with van der Waals surface area (Å²) in [6.45, 7) is 5.10. The van der Waals surface area contributed by atoms with Crippen molar-refractivity contribution in [2.75, 3.05) is 27.4 Å². The number of nitrogens with one attached hydrogen (secondary N) is 1. The minimum Gasteiger partial charge on any atom is -0.497 e. The third-order valence-electron chi connectivity index (χ3n) is 5.98. The van der Waals surface area contributed by atoms with Gasteiger partial charge < -0.3 is 19.5 Å². The van der Waals surface area contributed by atoms with Crippen LogP contribution in [0.4, 0.5) is 4.79 Å². The average Bonchev–Trinajstić information content (AvgIpc) is 2.93. The number of carbonyl (C=O) groups excluding carboxylic acids is 4. The molecule has 1 saturated heterocycles. The quantitative estimate of drug-likeness (QED) is 0.389. The molecule has 2 atom stereocenters. The maximum absolute atomic E-state index is 13.1. The number of nitrogens with zero attached hydrogens (tertiary/aromatic N) is 1. The first-order valence-corrected chi connectivity index (χ1v) is 10.6. The average molecular weight is 447 g/mol. The molecule has 1 N–H and O–H groups in total. The van der Waals surface area contributed by atoms with Crippen LogP contribution in [0.3, 0.4) is 0 Å². The first-order chi connectivity index (χ1) is 15.0. The van der Waals surface area contributed by atoms with E-state index in [-0.39, 0.29) is 22.6 Å². The first kappa shape index (κ1) is 23.6. The summed E-state index contributed by atoms with van der Waals surface area (Å²) in [6, 6.07) is 4.05. The van der Waals surface area contributed by atoms with Gasteiger partial charge in [-0.1, -0.05) is 20.8 Å². The molecule has 0 aromatic heterocycles. The van der Waals surface area contributed by atoms with Gasteiger partial charge in [-0.15, -0.1) is 0 Å². The van der Waals surface area contributed by atoms with Crippen LogP contribution in [0.2, 0.25) is 0 Å². The van der Waals surface area contributed by atoms with Crippen LogP contribution in [-0.2, 0) is 14.3 Å². The number of hydrogen-bond acceptors (Lipinski definition) is 7. The summed E-state index contributed by atoms with van der Waals surface area (Å²) in [6.07, 6.45) is 2.00. The molecule has 1 aliphatic heterocycles. The number of Topliss-reactive ketones (excluding diaryl/α,β-unsaturated/α-hetero) is 1. The van der Waals surface area contributed by atoms with Crippen LogP contribution < -0.4 is 14.8 Å². The van der Waals surface area contributed by atoms with Crippen LogP contribution in [0.5, 0.6) is 11.5 Å². The molecule has 9 heteroatoms. The van der Waals surface area contributed by atoms with E-state index >= 15 is 0 Å². The maximum atomic E-state index is 13.1. The molecule has 2 fully saturated rings. The van der Waals surface area contributed by atoms with Gasteiger partial charge in [0.05, 0.1) is 19.8 Å². The van der Waals surface area contributed by atoms with Crippen LogP contribution in [-0.4, -0.2) is 61.5 Å². The van der Waals surface area contributed by atoms with Gasteiger partial charge in [0.25, 0.3) is 5.91 Å². The van der Waals surface area contributed by atoms with Crippen molar-refractivity contribution in [2.45, 2.75) is 45.6 Å². The summed E-state index contributed by atoms with van der Waals surface area (Å²) in [4.78, 5) is 51.3. The molecule has 3 rings (SSSR count). The lowest BCUT2D eigenvalue weighted by molar-refractivity contribution is -0.147. The van der Waals surface area contributed by atoms with Crippen molar-refractivity contribution in [3.05, 3.63) is 23.8 Å². The number of hydrogen-bond donors (Lipinski definition) is 1. The van der Waals surface area contributed by atoms with E-state index in [0.717, 1.165) is 11.3 Å². The van der Waals surface area contributed by atoms with Crippen LogP contribution >= 0.6 is 0 Å². The molecule has 174 valence electrons. The Hall–Kier alpha value is -3.10. The fourth-order valence-corrected chi connectivity index (χ4v) is 5.08. The topological polar surface area (TPSA) is 111 Å². The van der Waals surface area contributed by atoms with E-state index in [1.807, 2.05) is 0 Å². The van der Waals surface area contributed by atoms with E-state index < -0.39 is 42.4 Å². The van der Waals surface area contributed by atoms with Gasteiger partial charge in [-0.3, -0.25) is 19.3 Å². The molecule has 1 saturated carbocycles. The zero-order chi connectivity index (χ0) is 23.7. The second-order valence-corrected chi connectivity index (χ2v) is 9.41. The highest BCUT2D eigenvalue weighted by Gasteiger charge is 2.56. The van der Waals surface area contributed by atoms with Crippen LogP contribution in [0.1, 0.15) is 50.4 Å². The number of ether oxygens (including phenoxy) is 3. The van der Waals surface area contributed by atoms with Gasteiger partial charge >= 0.3 is 12.0 Å². The van der Waals surface area contributed by atoms with Crippen molar-refractivity contribution in [3.8, 4) is 11.5 Å². The molecule has 1 aromatic rings. The Morgan fingerprint density at radius 3 is 2.50 bits per heavy atom. The van der Waals surface area contributed by atoms with Crippen molar-refractivity contribution < 1.29 is 33.4 Å². The van der Waals surface area contributed by atoms with Crippen molar-refractivity contribution >= 4 is 23.7 Å². The molecule has 32 heavy (non-hydrogen) atoms. The van der Waals surface area contributed by atoms with E-state index in [9.17, 15) is 19.2 Å². The molecule has 0 bridgehead atoms. The lowest BCUT2D eigenvalue weighted by Crippen LogP contribution is -2.54. The molecule has 2 aliphatic rings. The summed E-state index contributed by atoms with van der Waals surface area (Å²) in [5.74, 6) is -0.670. The lowest BCUT2D eigenvalue weighted by Gasteiger charge is -2.43. The summed E-state index contributed by atoms with van der Waals surface area (Å²) in [5, 5.41) is 2.81. The fraction of sp³-hybridized carbons (Fsp3) is 0.565. The molecule has 0 unspecified atom stereocenters. The maximum Gasteiger partial charge on any atom is 0.326 e. The van der Waals surface area contributed by atoms with Gasteiger partial charge in [0.1, 0.15) is 23.6 Å². The van der Waals surface area contributed by atoms with Crippen molar-refractivity contribution in [2.24, 2.45) is 11.3 Å². The second-order valence-electron chi connectivity index (χ2n) is 9.41. The van der Waals surface area contributed by atoms with E-state index in [0.29, 0.717) is 18.6 Å². The SMILES string of the molecule is COc1ccc(C(=O)COC(=O)CN2C(=O)N[C@]3(C[C@H](C)CC(C)(C)C3)C2=O)c(OC)c1. The minimum absolute atomic E-state index is 0.110. The normalized spacial score (nSPS) is 24.3. The molecular formula is C23H30N2O7. The first-order valence-electron chi connectivity index (χ1n) is 10.6. The van der Waals surface area contributed by atoms with Gasteiger partial charge in [-0.25, -0.2) is 4.79 Å². The predicted octanol–water partition coefficient (Wildman–Crippen LogP) is 2.57. The van der Waals surface area contributed by atoms with E-state index in [2.05, 4.69) is 26.1 Å². The number of imide groups is 1. The summed E-state index contributed by atoms with van der Waals surface area (Å²) in [5.41, 5.74) is -0.875. The zero-order valence-electron chi connectivity index (χ0n) is 19.1. The van der Waals surface area contributed by atoms with Gasteiger partial charge in [0, 0.05) is 6.07 Å². The molecule has 3 amide bonds. The van der Waals surface area contributed by atoms with E-state index in [1.54, 1.807) is 12.1 Å². The highest BCUT2D eigenvalue weighted by atomic mass is 16.5. The third-order valence-corrected chi connectivity index (χ3v) is 5.98. The Morgan fingerprint density at radius 2 is 1.88 bits per heavy atom. The number of urea groups is 1. The fourth-order valence-electron chi connectivity index (χ4n) is 5.08. The van der Waals surface area contributed by atoms with Crippen molar-refractivity contribution in [3.63, 3.8) is 0 Å². The number of amides is 3. The standard InChI is InChI=1S/C23H30N2O7/c1-14-9-22(2,3)13-23(10-14)20(28)25(21(29)24-23)11-19(27)32-12-17(26)16-7-6-15(30-4)8-18(16)31-5/h6-8,14H,9-13H2,1-5H3,(H,24,29)/t14-,23+/m1/s1. The predicted molar refractivity (Wildman–Crippen MR) is 115 cm³/mol. The number of rotatable bonds is 7. The van der Waals surface area contributed by atoms with Gasteiger partial charge in [0.2, 0.25) is 5.78 Å². The number of ketones is 1. The number of methoxy groups -OCH3 is 2. The summed E-state index contributed by atoms with van der Waals surface area (Å²) < 4.78 is 15.4. The Morgan fingerprint density at radius 1 is 1.16 bits per heavy atom. The number of benzene rings is 1. The second kappa shape index (κ2) is 8.80. The van der Waals surface area contributed by atoms with Gasteiger partial charge in [0.15, 0.2) is 6.61 Å². The zero-order valence-corrected chi connectivity index (χ0v) is 19.1. The highest BCUT2D eigenvalue weighted by Crippen LogP contribution is 2.46. The van der Waals surface area contributed by atoms with E-state index in [1.165, 1.54) is 20.3 Å². The molecular weight excluding hydrogens is 416 g/mol. The molecule has 0 radical (unpaired) electrons. The summed E-state index contributed by atoms with van der Waals surface area (Å²) >= 11 is 0. The van der Waals surface area contributed by atoms with Crippen molar-refractivity contribution in [1.82, 2.24) is 10.2 Å². The molecule has 1 heterocycles. The van der Waals surface area contributed by atoms with Crippen LogP contribution in [0.25, 0.3) is 0 Å². The van der Waals surface area contributed by atoms with Gasteiger partial charge in [-0.2, -0.15) is 0 Å².